The van der Waals surface area contributed by atoms with Gasteiger partial charge in [0.2, 0.25) is 5.96 Å². The smallest absolute Gasteiger partial charge is 0.223 e. The number of anilines is 1. The van der Waals surface area contributed by atoms with Gasteiger partial charge in [-0.15, -0.1) is 12.4 Å². The molecule has 0 amide bonds. The Morgan fingerprint density at radius 1 is 1.09 bits per heavy atom. The van der Waals surface area contributed by atoms with E-state index in [2.05, 4.69) is 10.3 Å². The summed E-state index contributed by atoms with van der Waals surface area (Å²) in [5.74, 6) is 0.639. The zero-order valence-electron chi connectivity index (χ0n) is 12.2. The van der Waals surface area contributed by atoms with E-state index in [9.17, 15) is 0 Å². The number of rotatable bonds is 4. The number of benzene rings is 2. The Balaban J connectivity index is 0.00000192. The summed E-state index contributed by atoms with van der Waals surface area (Å²) < 4.78 is 0. The van der Waals surface area contributed by atoms with Gasteiger partial charge in [-0.3, -0.25) is 4.84 Å². The molecule has 0 saturated heterocycles. The molecule has 0 bridgehead atoms. The average molecular weight is 373 g/mol. The second-order valence-corrected chi connectivity index (χ2v) is 5.58. The summed E-state index contributed by atoms with van der Waals surface area (Å²) >= 11 is 12.2. The average Bonchev–Trinajstić information content (AvgIpc) is 2.98. The van der Waals surface area contributed by atoms with E-state index in [1.54, 1.807) is 11.1 Å². The van der Waals surface area contributed by atoms with Crippen molar-refractivity contribution in [2.45, 2.75) is 6.61 Å². The largest absolute Gasteiger partial charge is 0.323 e. The maximum atomic E-state index is 6.18. The highest BCUT2D eigenvalue weighted by atomic mass is 35.5. The molecule has 7 heteroatoms. The molecular formula is C16H16Cl3N3O. The molecule has 1 aliphatic heterocycles. The fraction of sp³-hybridized carbons (Fsp3) is 0.188. The standard InChI is InChI=1S/C16H15Cl2N3O.ClH/c17-13-7-4-8-14(15(13)18)20-16-19-9-10-21(16)22-11-12-5-2-1-3-6-12;/h1-8H,9-11H2,(H,19,20);1H. The van der Waals surface area contributed by atoms with Crippen LogP contribution < -0.4 is 5.32 Å². The maximum absolute atomic E-state index is 6.18. The molecular weight excluding hydrogens is 357 g/mol. The maximum Gasteiger partial charge on any atom is 0.223 e. The number of hydrogen-bond donors (Lipinski definition) is 1. The number of hydroxylamine groups is 2. The minimum Gasteiger partial charge on any atom is -0.323 e. The van der Waals surface area contributed by atoms with Gasteiger partial charge in [0.1, 0.15) is 6.61 Å². The predicted octanol–water partition coefficient (Wildman–Crippen LogP) is 4.63. The van der Waals surface area contributed by atoms with Gasteiger partial charge in [-0.2, -0.15) is 0 Å². The number of aliphatic imine (C=N–C) groups is 1. The van der Waals surface area contributed by atoms with E-state index < -0.39 is 0 Å². The fourth-order valence-electron chi connectivity index (χ4n) is 2.11. The molecule has 0 atom stereocenters. The normalized spacial score (nSPS) is 13.5. The molecule has 0 radical (unpaired) electrons. The van der Waals surface area contributed by atoms with Crippen LogP contribution >= 0.6 is 35.6 Å². The predicted molar refractivity (Wildman–Crippen MR) is 97.6 cm³/mol. The summed E-state index contributed by atoms with van der Waals surface area (Å²) in [7, 11) is 0. The summed E-state index contributed by atoms with van der Waals surface area (Å²) in [5.41, 5.74) is 1.82. The Bertz CT molecular complexity index is 680. The summed E-state index contributed by atoms with van der Waals surface area (Å²) in [4.78, 5) is 10.2. The summed E-state index contributed by atoms with van der Waals surface area (Å²) in [6, 6.07) is 15.4. The fourth-order valence-corrected chi connectivity index (χ4v) is 2.45. The van der Waals surface area contributed by atoms with Crippen molar-refractivity contribution in [3.05, 3.63) is 64.1 Å². The molecule has 0 aromatic heterocycles. The lowest BCUT2D eigenvalue weighted by molar-refractivity contribution is -0.103. The van der Waals surface area contributed by atoms with Crippen LogP contribution in [0.15, 0.2) is 53.5 Å². The molecule has 0 fully saturated rings. The van der Waals surface area contributed by atoms with Crippen molar-refractivity contribution in [3.63, 3.8) is 0 Å². The first-order valence-corrected chi connectivity index (χ1v) is 7.69. The molecule has 4 nitrogen and oxygen atoms in total. The number of guanidine groups is 1. The second-order valence-electron chi connectivity index (χ2n) is 4.79. The van der Waals surface area contributed by atoms with Gasteiger partial charge < -0.3 is 5.32 Å². The van der Waals surface area contributed by atoms with Crippen LogP contribution in [0.1, 0.15) is 5.56 Å². The van der Waals surface area contributed by atoms with Gasteiger partial charge >= 0.3 is 0 Å². The van der Waals surface area contributed by atoms with Crippen LogP contribution in [0.3, 0.4) is 0 Å². The van der Waals surface area contributed by atoms with Crippen molar-refractivity contribution < 1.29 is 4.84 Å². The summed E-state index contributed by atoms with van der Waals surface area (Å²) in [6.45, 7) is 1.87. The van der Waals surface area contributed by atoms with Gasteiger partial charge in [0, 0.05) is 0 Å². The first kappa shape index (κ1) is 17.9. The van der Waals surface area contributed by atoms with Gasteiger partial charge in [-0.25, -0.2) is 10.1 Å². The van der Waals surface area contributed by atoms with Crippen LogP contribution in [0.25, 0.3) is 0 Å². The third-order valence-corrected chi connectivity index (χ3v) is 4.05. The number of nitrogens with zero attached hydrogens (tertiary/aromatic N) is 2. The molecule has 1 aliphatic rings. The van der Waals surface area contributed by atoms with Gasteiger partial charge in [-0.05, 0) is 17.7 Å². The molecule has 2 aromatic rings. The van der Waals surface area contributed by atoms with Crippen molar-refractivity contribution in [1.29, 1.82) is 0 Å². The van der Waals surface area contributed by atoms with E-state index in [0.29, 0.717) is 41.4 Å². The Labute approximate surface area is 151 Å². The highest BCUT2D eigenvalue weighted by Crippen LogP contribution is 2.30. The first-order chi connectivity index (χ1) is 10.7. The van der Waals surface area contributed by atoms with E-state index in [4.69, 9.17) is 28.0 Å². The van der Waals surface area contributed by atoms with Crippen molar-refractivity contribution in [3.8, 4) is 0 Å². The third-order valence-electron chi connectivity index (χ3n) is 3.23. The van der Waals surface area contributed by atoms with Crippen molar-refractivity contribution >= 4 is 47.3 Å². The lowest BCUT2D eigenvalue weighted by atomic mass is 10.2. The van der Waals surface area contributed by atoms with Gasteiger partial charge in [0.15, 0.2) is 0 Å². The molecule has 122 valence electrons. The molecule has 1 heterocycles. The second kappa shape index (κ2) is 8.41. The monoisotopic (exact) mass is 371 g/mol. The quantitative estimate of drug-likeness (QED) is 0.850. The van der Waals surface area contributed by atoms with Gasteiger partial charge in [-0.1, -0.05) is 59.6 Å². The Kier molecular flexibility index (Phi) is 6.54. The third kappa shape index (κ3) is 4.52. The van der Waals surface area contributed by atoms with Crippen LogP contribution in [-0.4, -0.2) is 24.1 Å². The van der Waals surface area contributed by atoms with E-state index >= 15 is 0 Å². The lowest BCUT2D eigenvalue weighted by Crippen LogP contribution is -2.33. The first-order valence-electron chi connectivity index (χ1n) is 6.94. The molecule has 0 spiro atoms. The SMILES string of the molecule is Cl.Clc1cccc(NC2=NCCN2OCc2ccccc2)c1Cl. The minimum absolute atomic E-state index is 0. The van der Waals surface area contributed by atoms with Gasteiger partial charge in [0.05, 0.1) is 28.8 Å². The Morgan fingerprint density at radius 3 is 2.65 bits per heavy atom. The number of hydrogen-bond acceptors (Lipinski definition) is 4. The van der Waals surface area contributed by atoms with Crippen LogP contribution in [0.2, 0.25) is 10.0 Å². The molecule has 2 aromatic carbocycles. The Morgan fingerprint density at radius 2 is 1.87 bits per heavy atom. The van der Waals surface area contributed by atoms with E-state index in [1.807, 2.05) is 42.5 Å². The van der Waals surface area contributed by atoms with Crippen molar-refractivity contribution in [2.75, 3.05) is 18.4 Å². The van der Waals surface area contributed by atoms with Crippen LogP contribution in [0, 0.1) is 0 Å². The zero-order valence-corrected chi connectivity index (χ0v) is 14.5. The molecule has 0 unspecified atom stereocenters. The van der Waals surface area contributed by atoms with Crippen molar-refractivity contribution in [2.24, 2.45) is 4.99 Å². The Hall–Kier alpha value is -1.46. The van der Waals surface area contributed by atoms with Crippen molar-refractivity contribution in [1.82, 2.24) is 5.06 Å². The van der Waals surface area contributed by atoms with E-state index in [0.717, 1.165) is 5.56 Å². The van der Waals surface area contributed by atoms with E-state index in [1.165, 1.54) is 0 Å². The highest BCUT2D eigenvalue weighted by Gasteiger charge is 2.19. The van der Waals surface area contributed by atoms with Crippen LogP contribution in [0.5, 0.6) is 0 Å². The molecule has 23 heavy (non-hydrogen) atoms. The molecule has 0 aliphatic carbocycles. The number of halogens is 3. The lowest BCUT2D eigenvalue weighted by Gasteiger charge is -2.21. The van der Waals surface area contributed by atoms with Gasteiger partial charge in [0.25, 0.3) is 0 Å². The zero-order chi connectivity index (χ0) is 15.4. The topological polar surface area (TPSA) is 36.9 Å². The number of nitrogens with one attached hydrogen (secondary N) is 1. The highest BCUT2D eigenvalue weighted by molar-refractivity contribution is 6.44. The van der Waals surface area contributed by atoms with E-state index in [-0.39, 0.29) is 12.4 Å². The minimum atomic E-state index is 0. The molecule has 0 saturated carbocycles. The molecule has 3 rings (SSSR count). The molecule has 1 N–H and O–H groups in total. The van der Waals surface area contributed by atoms with Crippen LogP contribution in [0.4, 0.5) is 5.69 Å². The summed E-state index contributed by atoms with van der Waals surface area (Å²) in [6.07, 6.45) is 0. The summed E-state index contributed by atoms with van der Waals surface area (Å²) in [5, 5.41) is 5.89. The van der Waals surface area contributed by atoms with Crippen LogP contribution in [-0.2, 0) is 11.4 Å².